The van der Waals surface area contributed by atoms with Crippen molar-refractivity contribution in [2.75, 3.05) is 6.61 Å². The molecular formula is C11H12F2N4O. The molecule has 2 aromatic rings. The number of hydrogen-bond donors (Lipinski definition) is 1. The van der Waals surface area contributed by atoms with E-state index in [4.69, 9.17) is 10.5 Å². The summed E-state index contributed by atoms with van der Waals surface area (Å²) in [5.41, 5.74) is 6.04. The minimum atomic E-state index is -0.987. The van der Waals surface area contributed by atoms with Crippen LogP contribution < -0.4 is 10.5 Å². The number of rotatable bonds is 5. The lowest BCUT2D eigenvalue weighted by Crippen LogP contribution is -2.09. The third-order valence-electron chi connectivity index (χ3n) is 2.29. The normalized spacial score (nSPS) is 10.6. The quantitative estimate of drug-likeness (QED) is 0.867. The van der Waals surface area contributed by atoms with Crippen molar-refractivity contribution < 1.29 is 13.5 Å². The maximum absolute atomic E-state index is 13.2. The van der Waals surface area contributed by atoms with Crippen LogP contribution in [0.4, 0.5) is 8.78 Å². The Hall–Kier alpha value is -2.02. The molecule has 96 valence electrons. The van der Waals surface area contributed by atoms with Crippen molar-refractivity contribution in [3.8, 4) is 5.75 Å². The minimum absolute atomic E-state index is 0.117. The summed E-state index contributed by atoms with van der Waals surface area (Å²) in [6.07, 6.45) is 1.67. The number of nitrogens with zero attached hydrogens (tertiary/aromatic N) is 3. The first-order valence-electron chi connectivity index (χ1n) is 5.36. The Bertz CT molecular complexity index is 530. The molecule has 0 aliphatic heterocycles. The van der Waals surface area contributed by atoms with Crippen LogP contribution in [0.2, 0.25) is 0 Å². The molecule has 0 amide bonds. The average molecular weight is 254 g/mol. The predicted molar refractivity (Wildman–Crippen MR) is 59.8 cm³/mol. The highest BCUT2D eigenvalue weighted by Crippen LogP contribution is 2.18. The largest absolute Gasteiger partial charge is 0.488 e. The standard InChI is InChI=1S/C11H12F2N4O/c12-9-2-1-3-10(11(9)13)18-5-4-17-7-8(6-14)15-16-17/h1-3,7H,4-6,14H2. The number of ether oxygens (including phenoxy) is 1. The molecular weight excluding hydrogens is 242 g/mol. The molecule has 0 radical (unpaired) electrons. The first-order chi connectivity index (χ1) is 8.70. The number of hydrogen-bond acceptors (Lipinski definition) is 4. The van der Waals surface area contributed by atoms with Crippen molar-refractivity contribution >= 4 is 0 Å². The lowest BCUT2D eigenvalue weighted by atomic mass is 10.3. The lowest BCUT2D eigenvalue weighted by molar-refractivity contribution is 0.272. The summed E-state index contributed by atoms with van der Waals surface area (Å²) in [7, 11) is 0. The van der Waals surface area contributed by atoms with Crippen LogP contribution in [0.5, 0.6) is 5.75 Å². The van der Waals surface area contributed by atoms with E-state index in [0.29, 0.717) is 18.8 Å². The molecule has 0 saturated carbocycles. The van der Waals surface area contributed by atoms with Gasteiger partial charge in [-0.2, -0.15) is 4.39 Å². The van der Waals surface area contributed by atoms with E-state index in [0.717, 1.165) is 6.07 Å². The van der Waals surface area contributed by atoms with E-state index in [-0.39, 0.29) is 12.4 Å². The minimum Gasteiger partial charge on any atom is -0.488 e. The van der Waals surface area contributed by atoms with Gasteiger partial charge in [0.15, 0.2) is 11.6 Å². The molecule has 0 aliphatic rings. The summed E-state index contributed by atoms with van der Waals surface area (Å²) < 4.78 is 32.8. The van der Waals surface area contributed by atoms with Crippen LogP contribution in [0.3, 0.4) is 0 Å². The van der Waals surface area contributed by atoms with Gasteiger partial charge >= 0.3 is 0 Å². The number of halogens is 2. The molecule has 2 rings (SSSR count). The van der Waals surface area contributed by atoms with Crippen LogP contribution >= 0.6 is 0 Å². The Morgan fingerprint density at radius 1 is 1.33 bits per heavy atom. The zero-order valence-corrected chi connectivity index (χ0v) is 9.51. The van der Waals surface area contributed by atoms with E-state index in [9.17, 15) is 8.78 Å². The molecule has 0 atom stereocenters. The van der Waals surface area contributed by atoms with Gasteiger partial charge in [-0.3, -0.25) is 0 Å². The van der Waals surface area contributed by atoms with Crippen LogP contribution in [0.1, 0.15) is 5.69 Å². The fourth-order valence-electron chi connectivity index (χ4n) is 1.39. The third-order valence-corrected chi connectivity index (χ3v) is 2.29. The van der Waals surface area contributed by atoms with Crippen molar-refractivity contribution in [3.63, 3.8) is 0 Å². The second kappa shape index (κ2) is 5.54. The monoisotopic (exact) mass is 254 g/mol. The zero-order valence-electron chi connectivity index (χ0n) is 9.51. The number of benzene rings is 1. The second-order valence-corrected chi connectivity index (χ2v) is 3.58. The predicted octanol–water partition coefficient (Wildman–Crippen LogP) is 1.09. The maximum atomic E-state index is 13.2. The molecule has 5 nitrogen and oxygen atoms in total. The first kappa shape index (κ1) is 12.4. The first-order valence-corrected chi connectivity index (χ1v) is 5.36. The Morgan fingerprint density at radius 2 is 2.17 bits per heavy atom. The highest BCUT2D eigenvalue weighted by Gasteiger charge is 2.08. The molecule has 0 saturated heterocycles. The summed E-state index contributed by atoms with van der Waals surface area (Å²) >= 11 is 0. The third kappa shape index (κ3) is 2.80. The molecule has 0 spiro atoms. The molecule has 1 aromatic heterocycles. The van der Waals surface area contributed by atoms with Crippen molar-refractivity contribution in [1.29, 1.82) is 0 Å². The van der Waals surface area contributed by atoms with Gasteiger partial charge in [0.05, 0.1) is 12.2 Å². The summed E-state index contributed by atoms with van der Waals surface area (Å²) in [6, 6.07) is 3.79. The summed E-state index contributed by atoms with van der Waals surface area (Å²) in [5, 5.41) is 7.59. The Balaban J connectivity index is 1.90. The average Bonchev–Trinajstić information content (AvgIpc) is 2.82. The molecule has 7 heteroatoms. The van der Waals surface area contributed by atoms with Gasteiger partial charge in [-0.25, -0.2) is 9.07 Å². The van der Waals surface area contributed by atoms with Crippen LogP contribution in [0.25, 0.3) is 0 Å². The Morgan fingerprint density at radius 3 is 2.89 bits per heavy atom. The summed E-state index contributed by atoms with van der Waals surface area (Å²) in [4.78, 5) is 0. The molecule has 0 fully saturated rings. The smallest absolute Gasteiger partial charge is 0.200 e. The van der Waals surface area contributed by atoms with E-state index < -0.39 is 11.6 Å². The van der Waals surface area contributed by atoms with Gasteiger partial charge < -0.3 is 10.5 Å². The summed E-state index contributed by atoms with van der Waals surface area (Å²) in [6.45, 7) is 0.843. The van der Waals surface area contributed by atoms with Gasteiger partial charge in [-0.1, -0.05) is 11.3 Å². The molecule has 1 aromatic carbocycles. The van der Waals surface area contributed by atoms with Crippen LogP contribution in [0, 0.1) is 11.6 Å². The van der Waals surface area contributed by atoms with Gasteiger partial charge in [0.1, 0.15) is 6.61 Å². The van der Waals surface area contributed by atoms with E-state index >= 15 is 0 Å². The molecule has 1 heterocycles. The second-order valence-electron chi connectivity index (χ2n) is 3.58. The fraction of sp³-hybridized carbons (Fsp3) is 0.273. The molecule has 0 bridgehead atoms. The van der Waals surface area contributed by atoms with Gasteiger partial charge in [0.2, 0.25) is 5.82 Å². The van der Waals surface area contributed by atoms with Crippen LogP contribution in [-0.2, 0) is 13.1 Å². The fourth-order valence-corrected chi connectivity index (χ4v) is 1.39. The zero-order chi connectivity index (χ0) is 13.0. The molecule has 0 aliphatic carbocycles. The number of nitrogens with two attached hydrogens (primary N) is 1. The maximum Gasteiger partial charge on any atom is 0.200 e. The summed E-state index contributed by atoms with van der Waals surface area (Å²) in [5.74, 6) is -2.04. The van der Waals surface area contributed by atoms with E-state index in [1.165, 1.54) is 16.8 Å². The highest BCUT2D eigenvalue weighted by molar-refractivity contribution is 5.24. The van der Waals surface area contributed by atoms with Crippen molar-refractivity contribution in [3.05, 3.63) is 41.7 Å². The van der Waals surface area contributed by atoms with E-state index in [2.05, 4.69) is 10.3 Å². The Kier molecular flexibility index (Phi) is 3.83. The van der Waals surface area contributed by atoms with Gasteiger partial charge in [-0.05, 0) is 12.1 Å². The SMILES string of the molecule is NCc1cn(CCOc2cccc(F)c2F)nn1. The van der Waals surface area contributed by atoms with Gasteiger partial charge in [0.25, 0.3) is 0 Å². The highest BCUT2D eigenvalue weighted by atomic mass is 19.2. The molecule has 2 N–H and O–H groups in total. The van der Waals surface area contributed by atoms with Crippen molar-refractivity contribution in [1.82, 2.24) is 15.0 Å². The van der Waals surface area contributed by atoms with Crippen LogP contribution in [-0.4, -0.2) is 21.6 Å². The topological polar surface area (TPSA) is 66.0 Å². The van der Waals surface area contributed by atoms with Crippen LogP contribution in [0.15, 0.2) is 24.4 Å². The molecule has 0 unspecified atom stereocenters. The lowest BCUT2D eigenvalue weighted by Gasteiger charge is -2.06. The van der Waals surface area contributed by atoms with Gasteiger partial charge in [-0.15, -0.1) is 5.10 Å². The van der Waals surface area contributed by atoms with E-state index in [1.807, 2.05) is 0 Å². The number of aromatic nitrogens is 3. The van der Waals surface area contributed by atoms with Crippen molar-refractivity contribution in [2.24, 2.45) is 5.73 Å². The Labute approximate surface area is 102 Å². The van der Waals surface area contributed by atoms with Crippen molar-refractivity contribution in [2.45, 2.75) is 13.1 Å². The van der Waals surface area contributed by atoms with Gasteiger partial charge in [0, 0.05) is 12.7 Å². The van der Waals surface area contributed by atoms with E-state index in [1.54, 1.807) is 6.20 Å². The molecule has 18 heavy (non-hydrogen) atoms.